The van der Waals surface area contributed by atoms with E-state index in [1.54, 1.807) is 12.1 Å². The van der Waals surface area contributed by atoms with Gasteiger partial charge in [0.1, 0.15) is 5.75 Å². The zero-order valence-corrected chi connectivity index (χ0v) is 16.6. The van der Waals surface area contributed by atoms with Crippen molar-refractivity contribution in [2.24, 2.45) is 0 Å². The average molecular weight is 410 g/mol. The first-order chi connectivity index (χ1) is 13.5. The van der Waals surface area contributed by atoms with Crippen molar-refractivity contribution in [3.05, 3.63) is 86.6 Å². The molecule has 1 heterocycles. The Hall–Kier alpha value is -2.75. The molecule has 0 unspecified atom stereocenters. The highest BCUT2D eigenvalue weighted by molar-refractivity contribution is 6.34. The van der Waals surface area contributed by atoms with Gasteiger partial charge in [0.15, 0.2) is 0 Å². The molecule has 0 spiro atoms. The molecule has 4 rings (SSSR count). The number of H-pyrrole nitrogens is 1. The monoisotopic (exact) mass is 409 g/mol. The van der Waals surface area contributed by atoms with E-state index in [1.165, 1.54) is 0 Å². The number of fused-ring (bicyclic) bond motifs is 1. The Morgan fingerprint density at radius 1 is 0.929 bits per heavy atom. The van der Waals surface area contributed by atoms with Crippen molar-refractivity contribution in [3.63, 3.8) is 0 Å². The van der Waals surface area contributed by atoms with Crippen LogP contribution in [0.4, 0.5) is 0 Å². The quantitative estimate of drug-likeness (QED) is 0.409. The van der Waals surface area contributed by atoms with E-state index in [9.17, 15) is 9.90 Å². The van der Waals surface area contributed by atoms with Crippen LogP contribution in [-0.2, 0) is 6.42 Å². The zero-order chi connectivity index (χ0) is 19.8. The lowest BCUT2D eigenvalue weighted by Gasteiger charge is -2.15. The van der Waals surface area contributed by atoms with Crippen LogP contribution in [0.1, 0.15) is 12.5 Å². The third-order valence-electron chi connectivity index (χ3n) is 4.87. The second kappa shape index (κ2) is 7.34. The number of aromatic amines is 1. The van der Waals surface area contributed by atoms with Crippen LogP contribution in [0.5, 0.6) is 5.75 Å². The topological polar surface area (TPSA) is 53.1 Å². The van der Waals surface area contributed by atoms with E-state index in [-0.39, 0.29) is 16.9 Å². The summed E-state index contributed by atoms with van der Waals surface area (Å²) in [6.45, 7) is 1.99. The average Bonchev–Trinajstić information content (AvgIpc) is 2.69. The van der Waals surface area contributed by atoms with Crippen LogP contribution in [0.3, 0.4) is 0 Å². The Balaban J connectivity index is 1.97. The van der Waals surface area contributed by atoms with Crippen LogP contribution < -0.4 is 5.56 Å². The molecule has 0 saturated heterocycles. The number of aromatic hydroxyl groups is 1. The normalized spacial score (nSPS) is 11.1. The van der Waals surface area contributed by atoms with Crippen LogP contribution in [0.15, 0.2) is 65.5 Å². The van der Waals surface area contributed by atoms with E-state index >= 15 is 0 Å². The fraction of sp³-hybridized carbons (Fsp3) is 0.0870. The summed E-state index contributed by atoms with van der Waals surface area (Å²) in [6.07, 6.45) is 0.655. The van der Waals surface area contributed by atoms with Gasteiger partial charge in [-0.15, -0.1) is 0 Å². The van der Waals surface area contributed by atoms with E-state index < -0.39 is 0 Å². The van der Waals surface area contributed by atoms with Crippen LogP contribution in [0, 0.1) is 0 Å². The third kappa shape index (κ3) is 3.17. The number of aryl methyl sites for hydroxylation is 1. The van der Waals surface area contributed by atoms with Gasteiger partial charge in [0.2, 0.25) is 0 Å². The molecule has 0 bridgehead atoms. The van der Waals surface area contributed by atoms with Crippen LogP contribution in [0.25, 0.3) is 33.2 Å². The summed E-state index contributed by atoms with van der Waals surface area (Å²) < 4.78 is 0. The SMILES string of the molecule is CCc1cc(-c2ccc(Cl)cc2)cc(Cl)c1-c1c(O)c2ccccc2[nH]c1=O. The molecule has 0 saturated carbocycles. The minimum Gasteiger partial charge on any atom is -0.506 e. The Kier molecular flexibility index (Phi) is 4.88. The summed E-state index contributed by atoms with van der Waals surface area (Å²) in [5.74, 6) is -0.0600. The molecule has 0 radical (unpaired) electrons. The lowest BCUT2D eigenvalue weighted by molar-refractivity contribution is 0.482. The number of aromatic nitrogens is 1. The maximum Gasteiger partial charge on any atom is 0.260 e. The van der Waals surface area contributed by atoms with Crippen molar-refractivity contribution in [1.82, 2.24) is 4.98 Å². The molecule has 2 N–H and O–H groups in total. The Morgan fingerprint density at radius 3 is 2.36 bits per heavy atom. The number of rotatable bonds is 3. The van der Waals surface area contributed by atoms with Gasteiger partial charge in [-0.2, -0.15) is 0 Å². The van der Waals surface area contributed by atoms with Crippen LogP contribution >= 0.6 is 23.2 Å². The molecule has 28 heavy (non-hydrogen) atoms. The highest BCUT2D eigenvalue weighted by atomic mass is 35.5. The minimum absolute atomic E-state index is 0.0600. The number of nitrogens with one attached hydrogen (secondary N) is 1. The largest absolute Gasteiger partial charge is 0.506 e. The lowest BCUT2D eigenvalue weighted by atomic mass is 9.93. The van der Waals surface area contributed by atoms with Crippen molar-refractivity contribution < 1.29 is 5.11 Å². The molecule has 1 aromatic heterocycles. The number of pyridine rings is 1. The van der Waals surface area contributed by atoms with Gasteiger partial charge in [0.05, 0.1) is 11.1 Å². The van der Waals surface area contributed by atoms with Gasteiger partial charge in [-0.05, 0) is 53.4 Å². The summed E-state index contributed by atoms with van der Waals surface area (Å²) in [4.78, 5) is 15.6. The number of hydrogen-bond acceptors (Lipinski definition) is 2. The van der Waals surface area contributed by atoms with Gasteiger partial charge >= 0.3 is 0 Å². The first-order valence-corrected chi connectivity index (χ1v) is 9.68. The minimum atomic E-state index is -0.368. The first kappa shape index (κ1) is 18.6. The van der Waals surface area contributed by atoms with Gasteiger partial charge in [-0.3, -0.25) is 4.79 Å². The van der Waals surface area contributed by atoms with Gasteiger partial charge in [0, 0.05) is 21.0 Å². The molecule has 4 aromatic rings. The molecular formula is C23H17Cl2NO2. The summed E-state index contributed by atoms with van der Waals surface area (Å²) in [5.41, 5.74) is 3.76. The summed E-state index contributed by atoms with van der Waals surface area (Å²) in [5, 5.41) is 12.5. The molecule has 0 aliphatic rings. The van der Waals surface area contributed by atoms with Crippen molar-refractivity contribution in [2.75, 3.05) is 0 Å². The number of benzene rings is 3. The lowest BCUT2D eigenvalue weighted by Crippen LogP contribution is -2.11. The Bertz CT molecular complexity index is 1240. The molecule has 140 valence electrons. The summed E-state index contributed by atoms with van der Waals surface area (Å²) >= 11 is 12.6. The van der Waals surface area contributed by atoms with E-state index in [1.807, 2.05) is 55.5 Å². The first-order valence-electron chi connectivity index (χ1n) is 8.92. The number of halogens is 2. The van der Waals surface area contributed by atoms with Gasteiger partial charge in [-0.25, -0.2) is 0 Å². The molecule has 3 nitrogen and oxygen atoms in total. The van der Waals surface area contributed by atoms with Gasteiger partial charge in [0.25, 0.3) is 5.56 Å². The maximum atomic E-state index is 12.8. The van der Waals surface area contributed by atoms with Crippen LogP contribution in [0.2, 0.25) is 10.0 Å². The smallest absolute Gasteiger partial charge is 0.260 e. The molecule has 0 aliphatic heterocycles. The van der Waals surface area contributed by atoms with Crippen molar-refractivity contribution >= 4 is 34.1 Å². The molecule has 3 aromatic carbocycles. The Labute approximate surface area is 172 Å². The highest BCUT2D eigenvalue weighted by Crippen LogP contribution is 2.40. The van der Waals surface area contributed by atoms with E-state index in [2.05, 4.69) is 4.98 Å². The molecule has 0 atom stereocenters. The molecule has 0 fully saturated rings. The van der Waals surface area contributed by atoms with Crippen LogP contribution in [-0.4, -0.2) is 10.1 Å². The predicted octanol–water partition coefficient (Wildman–Crippen LogP) is 6.44. The van der Waals surface area contributed by atoms with Gasteiger partial charge < -0.3 is 10.1 Å². The third-order valence-corrected chi connectivity index (χ3v) is 5.42. The molecule has 5 heteroatoms. The van der Waals surface area contributed by atoms with Crippen molar-refractivity contribution in [1.29, 1.82) is 0 Å². The van der Waals surface area contributed by atoms with Gasteiger partial charge in [-0.1, -0.05) is 60.5 Å². The predicted molar refractivity (Wildman–Crippen MR) is 117 cm³/mol. The van der Waals surface area contributed by atoms with E-state index in [0.717, 1.165) is 16.7 Å². The van der Waals surface area contributed by atoms with E-state index in [4.69, 9.17) is 23.2 Å². The molecular weight excluding hydrogens is 393 g/mol. The fourth-order valence-corrected chi connectivity index (χ4v) is 3.95. The molecule has 0 aliphatic carbocycles. The maximum absolute atomic E-state index is 12.8. The highest BCUT2D eigenvalue weighted by Gasteiger charge is 2.20. The standard InChI is InChI=1S/C23H17Cl2NO2/c1-2-13-11-15(14-7-9-16(24)10-8-14)12-18(25)20(13)21-22(27)17-5-3-4-6-19(17)26-23(21)28/h3-12H,2H2,1H3,(H2,26,27,28). The molecule has 0 amide bonds. The zero-order valence-electron chi connectivity index (χ0n) is 15.1. The second-order valence-electron chi connectivity index (χ2n) is 6.58. The van der Waals surface area contributed by atoms with E-state index in [0.29, 0.717) is 32.9 Å². The van der Waals surface area contributed by atoms with Crippen molar-refractivity contribution in [2.45, 2.75) is 13.3 Å². The summed E-state index contributed by atoms with van der Waals surface area (Å²) in [7, 11) is 0. The second-order valence-corrected chi connectivity index (χ2v) is 7.42. The fourth-order valence-electron chi connectivity index (χ4n) is 3.49. The number of para-hydroxylation sites is 1. The number of hydrogen-bond donors (Lipinski definition) is 2. The van der Waals surface area contributed by atoms with Crippen molar-refractivity contribution in [3.8, 4) is 28.0 Å². The Morgan fingerprint density at radius 2 is 1.64 bits per heavy atom. The summed E-state index contributed by atoms with van der Waals surface area (Å²) in [6, 6.07) is 18.5.